The number of nitrogens with zero attached hydrogens (tertiary/aromatic N) is 5. The summed E-state index contributed by atoms with van der Waals surface area (Å²) in [5, 5.41) is 0. The number of benzene rings is 1. The quantitative estimate of drug-likeness (QED) is 0.703. The molecule has 4 aliphatic rings. The van der Waals surface area contributed by atoms with Crippen LogP contribution in [0.3, 0.4) is 0 Å². The van der Waals surface area contributed by atoms with Crippen molar-refractivity contribution in [3.8, 4) is 11.5 Å². The summed E-state index contributed by atoms with van der Waals surface area (Å²) in [7, 11) is 0. The Morgan fingerprint density at radius 1 is 0.939 bits per heavy atom. The zero-order chi connectivity index (χ0) is 22.2. The van der Waals surface area contributed by atoms with E-state index in [1.807, 2.05) is 6.07 Å². The van der Waals surface area contributed by atoms with Crippen molar-refractivity contribution >= 4 is 11.8 Å². The van der Waals surface area contributed by atoms with Crippen molar-refractivity contribution in [1.82, 2.24) is 14.9 Å². The van der Waals surface area contributed by atoms with Crippen LogP contribution < -0.4 is 19.3 Å². The third kappa shape index (κ3) is 4.34. The fourth-order valence-electron chi connectivity index (χ4n) is 5.26. The molecule has 33 heavy (non-hydrogen) atoms. The van der Waals surface area contributed by atoms with E-state index in [2.05, 4.69) is 33.8 Å². The maximum Gasteiger partial charge on any atom is 0.231 e. The maximum absolute atomic E-state index is 5.63. The number of morpholine rings is 1. The first kappa shape index (κ1) is 21.0. The fourth-order valence-corrected chi connectivity index (χ4v) is 5.26. The third-order valence-electron chi connectivity index (χ3n) is 7.33. The van der Waals surface area contributed by atoms with Gasteiger partial charge in [0.05, 0.1) is 18.9 Å². The second-order valence-corrected chi connectivity index (χ2v) is 9.69. The van der Waals surface area contributed by atoms with Crippen molar-refractivity contribution in [1.29, 1.82) is 0 Å². The molecule has 0 atom stereocenters. The van der Waals surface area contributed by atoms with E-state index in [0.29, 0.717) is 6.79 Å². The molecule has 2 fully saturated rings. The van der Waals surface area contributed by atoms with E-state index in [4.69, 9.17) is 24.2 Å². The van der Waals surface area contributed by atoms with Crippen molar-refractivity contribution < 1.29 is 14.2 Å². The molecule has 0 amide bonds. The normalized spacial score (nSPS) is 21.4. The van der Waals surface area contributed by atoms with Crippen molar-refractivity contribution in [3.05, 3.63) is 35.0 Å². The van der Waals surface area contributed by atoms with E-state index in [1.165, 1.54) is 29.7 Å². The fraction of sp³-hybridized carbons (Fsp3) is 0.600. The van der Waals surface area contributed by atoms with Gasteiger partial charge < -0.3 is 24.0 Å². The predicted molar refractivity (Wildman–Crippen MR) is 126 cm³/mol. The summed E-state index contributed by atoms with van der Waals surface area (Å²) in [6.45, 7) is 10.8. The molecule has 0 N–H and O–H groups in total. The average molecular weight is 452 g/mol. The van der Waals surface area contributed by atoms with Crippen LogP contribution in [0.2, 0.25) is 0 Å². The SMILES string of the molecule is CC1CCN(c2nc3c(c(N4CCOCC4)n2)CN(Cc2ccc4c(c2)OCO4)CC3)CC1. The molecule has 176 valence electrons. The van der Waals surface area contributed by atoms with Gasteiger partial charge in [0.15, 0.2) is 11.5 Å². The Kier molecular flexibility index (Phi) is 5.72. The highest BCUT2D eigenvalue weighted by Crippen LogP contribution is 2.34. The highest BCUT2D eigenvalue weighted by atomic mass is 16.7. The highest BCUT2D eigenvalue weighted by molar-refractivity contribution is 5.55. The Hall–Kier alpha value is -2.58. The van der Waals surface area contributed by atoms with Gasteiger partial charge in [-0.05, 0) is 36.5 Å². The second-order valence-electron chi connectivity index (χ2n) is 9.69. The molecule has 5 heterocycles. The Labute approximate surface area is 195 Å². The number of anilines is 2. The first-order valence-electron chi connectivity index (χ1n) is 12.3. The van der Waals surface area contributed by atoms with Gasteiger partial charge in [0, 0.05) is 57.8 Å². The Morgan fingerprint density at radius 2 is 1.76 bits per heavy atom. The average Bonchev–Trinajstić information content (AvgIpc) is 3.32. The van der Waals surface area contributed by atoms with Gasteiger partial charge in [0.1, 0.15) is 5.82 Å². The molecule has 0 saturated carbocycles. The molecule has 0 spiro atoms. The lowest BCUT2D eigenvalue weighted by Crippen LogP contribution is -2.41. The minimum absolute atomic E-state index is 0.314. The maximum atomic E-state index is 5.63. The number of rotatable bonds is 4. The molecule has 0 unspecified atom stereocenters. The molecule has 0 aliphatic carbocycles. The molecule has 8 nitrogen and oxygen atoms in total. The third-order valence-corrected chi connectivity index (χ3v) is 7.33. The molecular weight excluding hydrogens is 418 g/mol. The molecule has 1 aromatic heterocycles. The lowest BCUT2D eigenvalue weighted by atomic mass is 9.99. The molecule has 0 radical (unpaired) electrons. The monoisotopic (exact) mass is 451 g/mol. The first-order chi connectivity index (χ1) is 16.2. The summed E-state index contributed by atoms with van der Waals surface area (Å²) in [6, 6.07) is 6.27. The van der Waals surface area contributed by atoms with Crippen LogP contribution in [0, 0.1) is 5.92 Å². The number of hydrogen-bond donors (Lipinski definition) is 0. The standard InChI is InChI=1S/C25H33N5O3/c1-18-4-8-30(9-5-18)25-26-21-6-7-28(15-19-2-3-22-23(14-19)33-17-32-22)16-20(21)24(27-25)29-10-12-31-13-11-29/h2-3,14,18H,4-13,15-17H2,1H3. The smallest absolute Gasteiger partial charge is 0.231 e. The van der Waals surface area contributed by atoms with Crippen molar-refractivity contribution in [3.63, 3.8) is 0 Å². The van der Waals surface area contributed by atoms with E-state index >= 15 is 0 Å². The predicted octanol–water partition coefficient (Wildman–Crippen LogP) is 2.84. The molecule has 6 rings (SSSR count). The molecular formula is C25H33N5O3. The minimum Gasteiger partial charge on any atom is -0.454 e. The minimum atomic E-state index is 0.314. The largest absolute Gasteiger partial charge is 0.454 e. The van der Waals surface area contributed by atoms with E-state index < -0.39 is 0 Å². The molecule has 4 aliphatic heterocycles. The summed E-state index contributed by atoms with van der Waals surface area (Å²) in [5.74, 6) is 4.52. The topological polar surface area (TPSA) is 63.2 Å². The van der Waals surface area contributed by atoms with Crippen LogP contribution in [-0.2, 0) is 24.2 Å². The molecule has 1 aromatic carbocycles. The van der Waals surface area contributed by atoms with Gasteiger partial charge in [-0.15, -0.1) is 0 Å². The van der Waals surface area contributed by atoms with Crippen LogP contribution in [-0.4, -0.2) is 67.6 Å². The number of piperidine rings is 1. The van der Waals surface area contributed by atoms with Crippen LogP contribution >= 0.6 is 0 Å². The van der Waals surface area contributed by atoms with Gasteiger partial charge in [0.25, 0.3) is 0 Å². The Balaban J connectivity index is 1.26. The lowest BCUT2D eigenvalue weighted by molar-refractivity contribution is 0.122. The summed E-state index contributed by atoms with van der Waals surface area (Å²) in [6.07, 6.45) is 3.39. The van der Waals surface area contributed by atoms with E-state index in [-0.39, 0.29) is 0 Å². The van der Waals surface area contributed by atoms with Crippen LogP contribution in [0.1, 0.15) is 36.6 Å². The summed E-state index contributed by atoms with van der Waals surface area (Å²) in [5.41, 5.74) is 3.76. The summed E-state index contributed by atoms with van der Waals surface area (Å²) >= 11 is 0. The highest BCUT2D eigenvalue weighted by Gasteiger charge is 2.28. The number of hydrogen-bond acceptors (Lipinski definition) is 8. The molecule has 8 heteroatoms. The second kappa shape index (κ2) is 8.99. The molecule has 2 aromatic rings. The van der Waals surface area contributed by atoms with Gasteiger partial charge in [0.2, 0.25) is 12.7 Å². The van der Waals surface area contributed by atoms with Crippen LogP contribution in [0.15, 0.2) is 18.2 Å². The van der Waals surface area contributed by atoms with Gasteiger partial charge >= 0.3 is 0 Å². The van der Waals surface area contributed by atoms with Crippen LogP contribution in [0.25, 0.3) is 0 Å². The van der Waals surface area contributed by atoms with E-state index in [9.17, 15) is 0 Å². The Morgan fingerprint density at radius 3 is 2.61 bits per heavy atom. The van der Waals surface area contributed by atoms with Gasteiger partial charge in [-0.3, -0.25) is 4.90 Å². The van der Waals surface area contributed by atoms with Crippen molar-refractivity contribution in [2.24, 2.45) is 5.92 Å². The lowest BCUT2D eigenvalue weighted by Gasteiger charge is -2.36. The van der Waals surface area contributed by atoms with Crippen molar-refractivity contribution in [2.45, 2.75) is 39.3 Å². The van der Waals surface area contributed by atoms with Crippen LogP contribution in [0.5, 0.6) is 11.5 Å². The summed E-state index contributed by atoms with van der Waals surface area (Å²) in [4.78, 5) is 17.6. The Bertz CT molecular complexity index is 1000. The van der Waals surface area contributed by atoms with Gasteiger partial charge in [-0.1, -0.05) is 13.0 Å². The number of aromatic nitrogens is 2. The zero-order valence-electron chi connectivity index (χ0n) is 19.5. The molecule has 2 saturated heterocycles. The van der Waals surface area contributed by atoms with Gasteiger partial charge in [-0.2, -0.15) is 4.98 Å². The molecule has 0 bridgehead atoms. The van der Waals surface area contributed by atoms with Gasteiger partial charge in [-0.25, -0.2) is 4.98 Å². The van der Waals surface area contributed by atoms with Crippen LogP contribution in [0.4, 0.5) is 11.8 Å². The number of ether oxygens (including phenoxy) is 3. The number of fused-ring (bicyclic) bond motifs is 2. The first-order valence-corrected chi connectivity index (χ1v) is 12.3. The van der Waals surface area contributed by atoms with E-state index in [1.54, 1.807) is 0 Å². The zero-order valence-corrected chi connectivity index (χ0v) is 19.5. The van der Waals surface area contributed by atoms with Crippen molar-refractivity contribution in [2.75, 3.05) is 62.5 Å². The van der Waals surface area contributed by atoms with E-state index in [0.717, 1.165) is 94.6 Å². The summed E-state index contributed by atoms with van der Waals surface area (Å²) < 4.78 is 16.7.